The van der Waals surface area contributed by atoms with Gasteiger partial charge in [0.05, 0.1) is 13.1 Å². The molecular formula is C50H56N8O12S2. The van der Waals surface area contributed by atoms with Crippen LogP contribution in [0, 0.1) is 0 Å². The molecule has 8 aromatic rings. The Kier molecular flexibility index (Phi) is 17.2. The van der Waals surface area contributed by atoms with Crippen molar-refractivity contribution >= 4 is 43.1 Å². The summed E-state index contributed by atoms with van der Waals surface area (Å²) >= 11 is 0. The summed E-state index contributed by atoms with van der Waals surface area (Å²) in [4.78, 5) is 68.5. The molecule has 4 N–H and O–H groups in total. The number of aryl methyl sites for hydroxylation is 6. The van der Waals surface area contributed by atoms with Crippen molar-refractivity contribution in [2.45, 2.75) is 104 Å². The zero-order valence-corrected chi connectivity index (χ0v) is 41.4. The Labute approximate surface area is 414 Å². The smallest absolute Gasteiger partial charge is 0.362 e. The van der Waals surface area contributed by atoms with Gasteiger partial charge >= 0.3 is 32.2 Å². The molecule has 0 aliphatic heterocycles. The van der Waals surface area contributed by atoms with E-state index in [1.165, 1.54) is 25.8 Å². The van der Waals surface area contributed by atoms with Gasteiger partial charge < -0.3 is 18.3 Å². The highest BCUT2D eigenvalue weighted by Crippen LogP contribution is 2.22. The Morgan fingerprint density at radius 1 is 0.514 bits per heavy atom. The highest BCUT2D eigenvalue weighted by molar-refractivity contribution is 7.81. The van der Waals surface area contributed by atoms with Gasteiger partial charge in [-0.2, -0.15) is 16.8 Å². The van der Waals surface area contributed by atoms with Crippen LogP contribution in [-0.4, -0.2) is 64.1 Å². The Hall–Kier alpha value is -7.40. The van der Waals surface area contributed by atoms with Gasteiger partial charge in [0.25, 0.3) is 11.1 Å². The second-order valence-corrected chi connectivity index (χ2v) is 19.1. The summed E-state index contributed by atoms with van der Waals surface area (Å²) in [7, 11) is -9.22. The topological polar surface area (TPSA) is 273 Å². The number of H-pyrrole nitrogens is 2. The standard InChI is InChI=1S/2C25H28N4O6S/c1-2-10-21-26-22-23(27-21)28(25(31)29(24(22)30)17-18-11-4-3-5-12-18)16-9-8-14-19-13-6-7-15-20(19)35-36(32,33)34;1-2-9-21-26-22-23(27-21)28(25(31)29(24(22)30)17-19-11-4-3-5-12-19)15-7-6-10-18-13-8-14-20(16-18)35-36(32,33)34/h3-7,11-13,15H,2,8-10,14,16-17H2,1H3,(H,26,27)(H,32,33,34);3-5,8,11-14,16H,2,6-7,9-10,15,17H2,1H3,(H,26,27)(H,32,33,34). The molecule has 20 nitrogen and oxygen atoms in total. The Bertz CT molecular complexity index is 3620. The number of hydrogen-bond acceptors (Lipinski definition) is 12. The molecule has 4 aromatic heterocycles. The summed E-state index contributed by atoms with van der Waals surface area (Å²) in [6.07, 6.45) is 6.56. The minimum atomic E-state index is -4.63. The van der Waals surface area contributed by atoms with Crippen molar-refractivity contribution in [3.8, 4) is 11.5 Å². The largest absolute Gasteiger partial charge is 0.446 e. The number of aromatic nitrogens is 8. The highest BCUT2D eigenvalue weighted by Gasteiger charge is 2.20. The monoisotopic (exact) mass is 1020 g/mol. The van der Waals surface area contributed by atoms with Crippen molar-refractivity contribution in [3.63, 3.8) is 0 Å². The Morgan fingerprint density at radius 3 is 1.46 bits per heavy atom. The minimum Gasteiger partial charge on any atom is -0.362 e. The van der Waals surface area contributed by atoms with E-state index in [0.29, 0.717) is 104 Å². The van der Waals surface area contributed by atoms with Crippen LogP contribution in [0.15, 0.2) is 128 Å². The molecule has 8 rings (SSSR count). The van der Waals surface area contributed by atoms with E-state index in [1.54, 1.807) is 34.9 Å². The van der Waals surface area contributed by atoms with Crippen LogP contribution in [0.5, 0.6) is 11.5 Å². The predicted octanol–water partition coefficient (Wildman–Crippen LogP) is 6.18. The van der Waals surface area contributed by atoms with Crippen LogP contribution in [0.3, 0.4) is 0 Å². The summed E-state index contributed by atoms with van der Waals surface area (Å²) in [6, 6.07) is 31.7. The molecule has 0 bridgehead atoms. The molecule has 22 heteroatoms. The summed E-state index contributed by atoms with van der Waals surface area (Å²) in [6.45, 7) is 5.03. The maximum Gasteiger partial charge on any atom is 0.446 e. The molecule has 0 radical (unpaired) electrons. The summed E-state index contributed by atoms with van der Waals surface area (Å²) in [5, 5.41) is 0. The molecule has 380 valence electrons. The first-order valence-electron chi connectivity index (χ1n) is 23.5. The third-order valence-corrected chi connectivity index (χ3v) is 12.4. The van der Waals surface area contributed by atoms with Gasteiger partial charge in [-0.25, -0.2) is 19.6 Å². The minimum absolute atomic E-state index is 0.0286. The Morgan fingerprint density at radius 2 is 0.972 bits per heavy atom. The van der Waals surface area contributed by atoms with Crippen LogP contribution in [-0.2, 0) is 72.7 Å². The molecule has 0 spiro atoms. The number of para-hydroxylation sites is 1. The number of fused-ring (bicyclic) bond motifs is 2. The van der Waals surface area contributed by atoms with Crippen molar-refractivity contribution in [1.29, 1.82) is 0 Å². The molecule has 0 unspecified atom stereocenters. The lowest BCUT2D eigenvalue weighted by Gasteiger charge is -2.12. The fraction of sp³-hybridized carbons (Fsp3) is 0.320. The highest BCUT2D eigenvalue weighted by atomic mass is 32.3. The third kappa shape index (κ3) is 13.7. The van der Waals surface area contributed by atoms with Gasteiger partial charge in [-0.1, -0.05) is 105 Å². The van der Waals surface area contributed by atoms with Crippen LogP contribution >= 0.6 is 0 Å². The van der Waals surface area contributed by atoms with Crippen LogP contribution in [0.4, 0.5) is 0 Å². The second kappa shape index (κ2) is 23.7. The fourth-order valence-corrected chi connectivity index (χ4v) is 9.05. The number of hydrogen-bond donors (Lipinski definition) is 4. The van der Waals surface area contributed by atoms with Gasteiger partial charge in [0, 0.05) is 25.9 Å². The fourth-order valence-electron chi connectivity index (χ4n) is 8.32. The number of rotatable bonds is 22. The maximum absolute atomic E-state index is 13.4. The zero-order valence-electron chi connectivity index (χ0n) is 39.8. The quantitative estimate of drug-likeness (QED) is 0.0436. The summed E-state index contributed by atoms with van der Waals surface area (Å²) in [5.74, 6) is 1.42. The van der Waals surface area contributed by atoms with Gasteiger partial charge in [-0.05, 0) is 91.8 Å². The van der Waals surface area contributed by atoms with Gasteiger partial charge in [0.2, 0.25) is 0 Å². The van der Waals surface area contributed by atoms with Crippen LogP contribution in [0.2, 0.25) is 0 Å². The molecule has 0 aliphatic rings. The number of nitrogens with one attached hydrogen (secondary N) is 2. The van der Waals surface area contributed by atoms with E-state index in [9.17, 15) is 36.0 Å². The molecule has 72 heavy (non-hydrogen) atoms. The zero-order chi connectivity index (χ0) is 51.4. The average Bonchev–Trinajstić information content (AvgIpc) is 3.97. The van der Waals surface area contributed by atoms with E-state index in [1.807, 2.05) is 80.6 Å². The van der Waals surface area contributed by atoms with Gasteiger partial charge in [0.15, 0.2) is 11.3 Å². The second-order valence-electron chi connectivity index (χ2n) is 17.1. The van der Waals surface area contributed by atoms with Crippen molar-refractivity contribution in [3.05, 3.63) is 185 Å². The van der Waals surface area contributed by atoms with Gasteiger partial charge in [-0.15, -0.1) is 0 Å². The Balaban J connectivity index is 0.000000211. The van der Waals surface area contributed by atoms with Crippen LogP contribution in [0.25, 0.3) is 22.3 Å². The lowest BCUT2D eigenvalue weighted by Crippen LogP contribution is -2.40. The van der Waals surface area contributed by atoms with Crippen molar-refractivity contribution in [1.82, 2.24) is 38.2 Å². The van der Waals surface area contributed by atoms with E-state index in [4.69, 9.17) is 9.11 Å². The molecule has 0 saturated carbocycles. The lowest BCUT2D eigenvalue weighted by atomic mass is 10.1. The number of imidazole rings is 2. The van der Waals surface area contributed by atoms with Crippen molar-refractivity contribution in [2.24, 2.45) is 0 Å². The lowest BCUT2D eigenvalue weighted by molar-refractivity contribution is 0.383. The van der Waals surface area contributed by atoms with Crippen LogP contribution in [0.1, 0.15) is 86.3 Å². The van der Waals surface area contributed by atoms with E-state index >= 15 is 0 Å². The van der Waals surface area contributed by atoms with Crippen LogP contribution < -0.4 is 30.9 Å². The van der Waals surface area contributed by atoms with E-state index in [2.05, 4.69) is 28.3 Å². The number of unbranched alkanes of at least 4 members (excludes halogenated alkanes) is 2. The number of benzene rings is 4. The van der Waals surface area contributed by atoms with E-state index in [-0.39, 0.29) is 30.1 Å². The van der Waals surface area contributed by atoms with E-state index < -0.39 is 37.7 Å². The first-order valence-corrected chi connectivity index (χ1v) is 26.3. The molecular weight excluding hydrogens is 969 g/mol. The molecule has 0 aliphatic carbocycles. The SMILES string of the molecule is CCCc1nc2c([nH]1)c(=O)n(Cc1ccccc1)c(=O)n2CCCCc1cccc(OS(=O)(=O)O)c1.CCCc1nc2c([nH]1)c(=O)n(Cc1ccccc1)c(=O)n2CCCCc1ccccc1OS(=O)(=O)O. The molecule has 0 fully saturated rings. The molecule has 0 saturated heterocycles. The average molecular weight is 1030 g/mol. The molecule has 0 atom stereocenters. The maximum atomic E-state index is 13.4. The van der Waals surface area contributed by atoms with Crippen molar-refractivity contribution in [2.75, 3.05) is 0 Å². The number of aromatic amines is 2. The predicted molar refractivity (Wildman–Crippen MR) is 271 cm³/mol. The van der Waals surface area contributed by atoms with E-state index in [0.717, 1.165) is 29.5 Å². The molecule has 4 aromatic carbocycles. The van der Waals surface area contributed by atoms with Gasteiger partial charge in [0.1, 0.15) is 34.2 Å². The summed E-state index contributed by atoms with van der Waals surface area (Å²) in [5.41, 5.74) is 2.84. The first kappa shape index (κ1) is 52.4. The molecule has 4 heterocycles. The summed E-state index contributed by atoms with van der Waals surface area (Å²) < 4.78 is 76.7. The molecule has 0 amide bonds. The third-order valence-electron chi connectivity index (χ3n) is 11.6. The normalized spacial score (nSPS) is 11.7. The van der Waals surface area contributed by atoms with Gasteiger partial charge in [-0.3, -0.25) is 37.0 Å². The first-order chi connectivity index (χ1) is 34.5. The van der Waals surface area contributed by atoms with Crippen molar-refractivity contribution < 1.29 is 34.3 Å². The number of nitrogens with zero attached hydrogens (tertiary/aromatic N) is 6.